The average Bonchev–Trinajstić information content (AvgIpc) is 2.16. The molecule has 82 valence electrons. The number of rotatable bonds is 3. The summed E-state index contributed by atoms with van der Waals surface area (Å²) >= 11 is 0. The minimum atomic E-state index is -0.346. The number of esters is 1. The van der Waals surface area contributed by atoms with Crippen LogP contribution < -0.4 is 4.74 Å². The normalized spacial score (nSPS) is 10.2. The Morgan fingerprint density at radius 1 is 1.33 bits per heavy atom. The van der Waals surface area contributed by atoms with E-state index < -0.39 is 0 Å². The van der Waals surface area contributed by atoms with Crippen molar-refractivity contribution in [1.82, 2.24) is 0 Å². The second-order valence-corrected chi connectivity index (χ2v) is 3.66. The van der Waals surface area contributed by atoms with E-state index in [-0.39, 0.29) is 12.1 Å². The van der Waals surface area contributed by atoms with E-state index in [4.69, 9.17) is 9.47 Å². The Morgan fingerprint density at radius 3 is 2.53 bits per heavy atom. The van der Waals surface area contributed by atoms with Crippen LogP contribution >= 0.6 is 0 Å². The quantitative estimate of drug-likeness (QED) is 0.716. The van der Waals surface area contributed by atoms with Crippen molar-refractivity contribution in [3.63, 3.8) is 0 Å². The van der Waals surface area contributed by atoms with E-state index in [9.17, 15) is 4.79 Å². The van der Waals surface area contributed by atoms with Crippen LogP contribution in [0, 0.1) is 6.92 Å². The van der Waals surface area contributed by atoms with Gasteiger partial charge in [0.25, 0.3) is 0 Å². The van der Waals surface area contributed by atoms with Crippen LogP contribution in [0.5, 0.6) is 5.75 Å². The van der Waals surface area contributed by atoms with E-state index in [2.05, 4.69) is 0 Å². The van der Waals surface area contributed by atoms with Crippen molar-refractivity contribution in [2.45, 2.75) is 26.9 Å². The lowest BCUT2D eigenvalue weighted by Crippen LogP contribution is -2.12. The molecule has 1 aromatic rings. The molecule has 0 N–H and O–H groups in total. The van der Waals surface area contributed by atoms with Crippen molar-refractivity contribution in [3.8, 4) is 5.75 Å². The molecule has 0 radical (unpaired) electrons. The highest BCUT2D eigenvalue weighted by atomic mass is 16.5. The molecule has 3 nitrogen and oxygen atoms in total. The number of aryl methyl sites for hydroxylation is 1. The van der Waals surface area contributed by atoms with Gasteiger partial charge in [-0.2, -0.15) is 0 Å². The Kier molecular flexibility index (Phi) is 3.72. The van der Waals surface area contributed by atoms with Crippen LogP contribution in [0.3, 0.4) is 0 Å². The van der Waals surface area contributed by atoms with Gasteiger partial charge in [0.1, 0.15) is 11.3 Å². The Labute approximate surface area is 90.0 Å². The lowest BCUT2D eigenvalue weighted by Gasteiger charge is -2.11. The Balaban J connectivity index is 2.97. The first kappa shape index (κ1) is 11.6. The predicted octanol–water partition coefficient (Wildman–Crippen LogP) is 2.57. The monoisotopic (exact) mass is 208 g/mol. The van der Waals surface area contributed by atoms with Crippen molar-refractivity contribution in [2.75, 3.05) is 7.11 Å². The molecule has 0 aliphatic heterocycles. The summed E-state index contributed by atoms with van der Waals surface area (Å²) < 4.78 is 10.2. The molecule has 0 heterocycles. The number of methoxy groups -OCH3 is 1. The SMILES string of the molecule is COc1cc(C)ccc1C(=O)OC(C)C. The Hall–Kier alpha value is -1.51. The van der Waals surface area contributed by atoms with Crippen LogP contribution in [0.2, 0.25) is 0 Å². The van der Waals surface area contributed by atoms with Crippen LogP contribution in [0.25, 0.3) is 0 Å². The lowest BCUT2D eigenvalue weighted by molar-refractivity contribution is 0.0374. The number of hydrogen-bond acceptors (Lipinski definition) is 3. The van der Waals surface area contributed by atoms with E-state index in [0.29, 0.717) is 11.3 Å². The van der Waals surface area contributed by atoms with Gasteiger partial charge >= 0.3 is 5.97 Å². The molecule has 0 aromatic heterocycles. The Bertz CT molecular complexity index is 356. The molecule has 1 rings (SSSR count). The van der Waals surface area contributed by atoms with Gasteiger partial charge in [-0.3, -0.25) is 0 Å². The van der Waals surface area contributed by atoms with Gasteiger partial charge in [0, 0.05) is 0 Å². The summed E-state index contributed by atoms with van der Waals surface area (Å²) in [5, 5.41) is 0. The summed E-state index contributed by atoms with van der Waals surface area (Å²) in [6, 6.07) is 5.40. The first-order valence-corrected chi connectivity index (χ1v) is 4.90. The van der Waals surface area contributed by atoms with Crippen molar-refractivity contribution in [3.05, 3.63) is 29.3 Å². The maximum atomic E-state index is 11.6. The van der Waals surface area contributed by atoms with E-state index >= 15 is 0 Å². The van der Waals surface area contributed by atoms with E-state index in [0.717, 1.165) is 5.56 Å². The second-order valence-electron chi connectivity index (χ2n) is 3.66. The van der Waals surface area contributed by atoms with E-state index in [1.54, 1.807) is 13.2 Å². The van der Waals surface area contributed by atoms with Gasteiger partial charge in [-0.25, -0.2) is 4.79 Å². The van der Waals surface area contributed by atoms with Gasteiger partial charge in [-0.15, -0.1) is 0 Å². The average molecular weight is 208 g/mol. The van der Waals surface area contributed by atoms with Crippen LogP contribution in [-0.4, -0.2) is 19.2 Å². The molecule has 0 spiro atoms. The standard InChI is InChI=1S/C12H16O3/c1-8(2)15-12(13)10-6-5-9(3)7-11(10)14-4/h5-8H,1-4H3. The van der Waals surface area contributed by atoms with Crippen molar-refractivity contribution >= 4 is 5.97 Å². The van der Waals surface area contributed by atoms with Crippen LogP contribution in [0.1, 0.15) is 29.8 Å². The third-order valence-corrected chi connectivity index (χ3v) is 1.92. The fourth-order valence-corrected chi connectivity index (χ4v) is 1.24. The number of hydrogen-bond donors (Lipinski definition) is 0. The third-order valence-electron chi connectivity index (χ3n) is 1.92. The van der Waals surface area contributed by atoms with Gasteiger partial charge in [0.2, 0.25) is 0 Å². The zero-order chi connectivity index (χ0) is 11.4. The molecular formula is C12H16O3. The molecule has 0 aliphatic rings. The summed E-state index contributed by atoms with van der Waals surface area (Å²) in [6.45, 7) is 5.58. The van der Waals surface area contributed by atoms with Crippen LogP contribution in [0.15, 0.2) is 18.2 Å². The molecule has 0 unspecified atom stereocenters. The van der Waals surface area contributed by atoms with Crippen molar-refractivity contribution in [2.24, 2.45) is 0 Å². The summed E-state index contributed by atoms with van der Waals surface area (Å²) in [5.74, 6) is 0.211. The van der Waals surface area contributed by atoms with Crippen molar-refractivity contribution in [1.29, 1.82) is 0 Å². The van der Waals surface area contributed by atoms with Crippen molar-refractivity contribution < 1.29 is 14.3 Å². The maximum absolute atomic E-state index is 11.6. The number of benzene rings is 1. The first-order chi connectivity index (χ1) is 7.04. The molecule has 0 amide bonds. The zero-order valence-corrected chi connectivity index (χ0v) is 9.53. The van der Waals surface area contributed by atoms with Gasteiger partial charge in [-0.05, 0) is 38.5 Å². The molecule has 0 saturated carbocycles. The number of carbonyl (C=O) groups is 1. The molecule has 3 heteroatoms. The van der Waals surface area contributed by atoms with Gasteiger partial charge in [0.15, 0.2) is 0 Å². The largest absolute Gasteiger partial charge is 0.496 e. The lowest BCUT2D eigenvalue weighted by atomic mass is 10.1. The zero-order valence-electron chi connectivity index (χ0n) is 9.53. The molecule has 0 fully saturated rings. The minimum absolute atomic E-state index is 0.122. The number of ether oxygens (including phenoxy) is 2. The molecule has 1 aromatic carbocycles. The molecule has 0 saturated heterocycles. The minimum Gasteiger partial charge on any atom is -0.496 e. The van der Waals surface area contributed by atoms with Crippen LogP contribution in [-0.2, 0) is 4.74 Å². The highest BCUT2D eigenvalue weighted by Crippen LogP contribution is 2.21. The molecule has 15 heavy (non-hydrogen) atoms. The van der Waals surface area contributed by atoms with E-state index in [1.807, 2.05) is 32.9 Å². The molecule has 0 aliphatic carbocycles. The smallest absolute Gasteiger partial charge is 0.342 e. The first-order valence-electron chi connectivity index (χ1n) is 4.90. The van der Waals surface area contributed by atoms with Gasteiger partial charge in [-0.1, -0.05) is 6.07 Å². The topological polar surface area (TPSA) is 35.5 Å². The number of carbonyl (C=O) groups excluding carboxylic acids is 1. The maximum Gasteiger partial charge on any atom is 0.342 e. The summed E-state index contributed by atoms with van der Waals surface area (Å²) in [5.41, 5.74) is 1.52. The second kappa shape index (κ2) is 4.82. The molecule has 0 bridgehead atoms. The van der Waals surface area contributed by atoms with E-state index in [1.165, 1.54) is 0 Å². The summed E-state index contributed by atoms with van der Waals surface area (Å²) in [7, 11) is 1.54. The summed E-state index contributed by atoms with van der Waals surface area (Å²) in [6.07, 6.45) is -0.122. The fraction of sp³-hybridized carbons (Fsp3) is 0.417. The fourth-order valence-electron chi connectivity index (χ4n) is 1.24. The highest BCUT2D eigenvalue weighted by Gasteiger charge is 2.14. The third kappa shape index (κ3) is 2.98. The van der Waals surface area contributed by atoms with Crippen LogP contribution in [0.4, 0.5) is 0 Å². The predicted molar refractivity (Wildman–Crippen MR) is 58.3 cm³/mol. The van der Waals surface area contributed by atoms with Gasteiger partial charge < -0.3 is 9.47 Å². The summed E-state index contributed by atoms with van der Waals surface area (Å²) in [4.78, 5) is 11.6. The highest BCUT2D eigenvalue weighted by molar-refractivity contribution is 5.92. The molecular weight excluding hydrogens is 192 g/mol. The molecule has 0 atom stereocenters. The van der Waals surface area contributed by atoms with Gasteiger partial charge in [0.05, 0.1) is 13.2 Å². The Morgan fingerprint density at radius 2 is 2.00 bits per heavy atom.